The second-order valence-corrected chi connectivity index (χ2v) is 20.4. The van der Waals surface area contributed by atoms with Gasteiger partial charge in [-0.05, 0) is 166 Å². The zero-order chi connectivity index (χ0) is 61.9. The summed E-state index contributed by atoms with van der Waals surface area (Å²) in [5.41, 5.74) is -1.13. The van der Waals surface area contributed by atoms with Crippen LogP contribution in [0.5, 0.6) is 0 Å². The van der Waals surface area contributed by atoms with Crippen LogP contribution >= 0.6 is 0 Å². The molecule has 10 aromatic carbocycles. The minimum atomic E-state index is -5.45. The fraction of sp³-hybridized carbons (Fsp3) is 0.0282. The van der Waals surface area contributed by atoms with Crippen molar-refractivity contribution in [1.82, 2.24) is 9.13 Å². The first kappa shape index (κ1) is 55.3. The number of benzene rings is 10. The first-order valence-electron chi connectivity index (χ1n) is 26.3. The van der Waals surface area contributed by atoms with Crippen molar-refractivity contribution >= 4 is 43.6 Å². The summed E-state index contributed by atoms with van der Waals surface area (Å²) in [7, 11) is 0. The Morgan fingerprint density at radius 3 is 0.795 bits per heavy atom. The molecule has 0 saturated carbocycles. The molecule has 11 nitrogen and oxygen atoms in total. The Hall–Kier alpha value is -13.2. The topological polar surface area (TPSA) is 224 Å². The number of aromatic nitrogens is 2. The van der Waals surface area contributed by atoms with E-state index in [9.17, 15) is 47.4 Å². The molecule has 0 amide bonds. The average molecular weight is 1150 g/mol. The molecule has 0 N–H and O–H groups in total. The Labute approximate surface area is 495 Å². The molecule has 2 aromatic heterocycles. The van der Waals surface area contributed by atoms with Crippen LogP contribution in [0.25, 0.3) is 111 Å². The van der Waals surface area contributed by atoms with Crippen molar-refractivity contribution in [2.75, 3.05) is 0 Å². The first-order valence-corrected chi connectivity index (χ1v) is 26.3. The Balaban J connectivity index is 1.28. The van der Waals surface area contributed by atoms with Gasteiger partial charge in [-0.1, -0.05) is 54.6 Å². The molecule has 17 heteroatoms. The summed E-state index contributed by atoms with van der Waals surface area (Å²) in [5, 5.41) is 93.5. The smallest absolute Gasteiger partial charge is 0.309 e. The Morgan fingerprint density at radius 2 is 0.545 bits per heavy atom. The molecule has 12 aromatic rings. The van der Waals surface area contributed by atoms with Gasteiger partial charge < -0.3 is 9.13 Å². The van der Waals surface area contributed by atoms with Gasteiger partial charge in [0.25, 0.3) is 0 Å². The third kappa shape index (κ3) is 9.49. The predicted octanol–water partition coefficient (Wildman–Crippen LogP) is 17.1. The molecule has 0 radical (unpaired) electrons. The van der Waals surface area contributed by atoms with Gasteiger partial charge >= 0.3 is 12.4 Å². The molecule has 2 heterocycles. The third-order valence-electron chi connectivity index (χ3n) is 15.3. The molecule has 0 fully saturated rings. The van der Waals surface area contributed by atoms with Gasteiger partial charge in [-0.25, -0.2) is 0 Å². The summed E-state index contributed by atoms with van der Waals surface area (Å²) >= 11 is 0. The van der Waals surface area contributed by atoms with E-state index in [-0.39, 0.29) is 83.5 Å². The minimum Gasteiger partial charge on any atom is -0.309 e. The highest BCUT2D eigenvalue weighted by molar-refractivity contribution is 6.13. The summed E-state index contributed by atoms with van der Waals surface area (Å²) in [6.45, 7) is 0. The van der Waals surface area contributed by atoms with Crippen LogP contribution in [0.2, 0.25) is 0 Å². The van der Waals surface area contributed by atoms with Gasteiger partial charge in [-0.2, -0.15) is 73.7 Å². The molecule has 88 heavy (non-hydrogen) atoms. The maximum absolute atomic E-state index is 16.0. The van der Waals surface area contributed by atoms with E-state index < -0.39 is 34.6 Å². The number of rotatable bonds is 7. The van der Waals surface area contributed by atoms with E-state index in [4.69, 9.17) is 0 Å². The summed E-state index contributed by atoms with van der Waals surface area (Å²) in [6, 6.07) is 60.4. The molecule has 0 bridgehead atoms. The Morgan fingerprint density at radius 1 is 0.273 bits per heavy atom. The molecular formula is C71H29F6N11. The van der Waals surface area contributed by atoms with Crippen molar-refractivity contribution in [3.05, 3.63) is 237 Å². The van der Waals surface area contributed by atoms with Gasteiger partial charge in [0.2, 0.25) is 0 Å². The van der Waals surface area contributed by atoms with E-state index in [1.165, 1.54) is 88.0 Å². The van der Waals surface area contributed by atoms with E-state index in [1.807, 2.05) is 24.3 Å². The summed E-state index contributed by atoms with van der Waals surface area (Å²) in [4.78, 5) is 0. The van der Waals surface area contributed by atoms with Gasteiger partial charge in [-0.3, -0.25) is 0 Å². The molecule has 0 aliphatic rings. The van der Waals surface area contributed by atoms with Crippen LogP contribution < -0.4 is 0 Å². The Kier molecular flexibility index (Phi) is 13.3. The number of hydrogen-bond acceptors (Lipinski definition) is 9. The van der Waals surface area contributed by atoms with Crippen molar-refractivity contribution in [2.45, 2.75) is 12.4 Å². The Bertz CT molecular complexity index is 5080. The van der Waals surface area contributed by atoms with Crippen LogP contribution in [0, 0.1) is 102 Å². The quantitative estimate of drug-likeness (QED) is 0.138. The molecule has 0 aliphatic carbocycles. The van der Waals surface area contributed by atoms with Gasteiger partial charge in [0.1, 0.15) is 6.07 Å². The molecule has 0 spiro atoms. The largest absolute Gasteiger partial charge is 0.417 e. The summed E-state index contributed by atoms with van der Waals surface area (Å²) in [6.07, 6.45) is -10.9. The molecule has 0 saturated heterocycles. The van der Waals surface area contributed by atoms with Crippen LogP contribution in [-0.4, -0.2) is 9.13 Å². The second kappa shape index (κ2) is 21.2. The van der Waals surface area contributed by atoms with E-state index >= 15 is 26.3 Å². The van der Waals surface area contributed by atoms with Crippen molar-refractivity contribution in [1.29, 1.82) is 47.4 Å². The van der Waals surface area contributed by atoms with E-state index in [0.29, 0.717) is 84.3 Å². The van der Waals surface area contributed by atoms with E-state index in [1.54, 1.807) is 72.8 Å². The lowest BCUT2D eigenvalue weighted by Crippen LogP contribution is -2.15. The number of halogens is 6. The normalized spacial score (nSPS) is 11.2. The van der Waals surface area contributed by atoms with Crippen molar-refractivity contribution in [3.8, 4) is 122 Å². The average Bonchev–Trinajstić information content (AvgIpc) is 1.51. The van der Waals surface area contributed by atoms with Crippen LogP contribution in [0.1, 0.15) is 61.2 Å². The highest BCUT2D eigenvalue weighted by Crippen LogP contribution is 2.50. The lowest BCUT2D eigenvalue weighted by Gasteiger charge is -2.24. The van der Waals surface area contributed by atoms with Gasteiger partial charge in [0, 0.05) is 32.7 Å². The fourth-order valence-electron chi connectivity index (χ4n) is 11.5. The summed E-state index contributed by atoms with van der Waals surface area (Å²) in [5.74, 6) is 0. The van der Waals surface area contributed by atoms with Gasteiger partial charge in [0.15, 0.2) is 0 Å². The first-order chi connectivity index (χ1) is 42.4. The zero-order valence-corrected chi connectivity index (χ0v) is 44.9. The molecule has 12 rings (SSSR count). The summed E-state index contributed by atoms with van der Waals surface area (Å²) < 4.78 is 98.8. The predicted molar refractivity (Wildman–Crippen MR) is 315 cm³/mol. The number of fused-ring (bicyclic) bond motifs is 6. The maximum atomic E-state index is 16.0. The van der Waals surface area contributed by atoms with E-state index in [0.717, 1.165) is 6.07 Å². The van der Waals surface area contributed by atoms with Crippen LogP contribution in [0.15, 0.2) is 176 Å². The molecule has 0 unspecified atom stereocenters. The highest BCUT2D eigenvalue weighted by atomic mass is 19.4. The lowest BCUT2D eigenvalue weighted by atomic mass is 9.90. The standard InChI is InChI=1S/C71H29F6N11/c72-70(73,74)61-2-1-3-62(71(75,76)77)69(61)60-29-63(87-64-24-47(51-16-39(30-78)12-40(17-51)31-79)4-8-56(64)57-9-5-48(25-65(57)87)52-18-41(32-80)13-42(19-52)33-81)55(38-86)28-68(60)88-66-26-49(53-20-43(34-82)14-44(21-53)35-83)6-10-58(66)59-11-7-50(27-67(59)88)54-22-45(36-84)15-46(23-54)37-85/h1-29H. The molecular weight excluding hydrogens is 1120 g/mol. The minimum absolute atomic E-state index is 0.116. The molecule has 0 atom stereocenters. The van der Waals surface area contributed by atoms with Crippen molar-refractivity contribution in [3.63, 3.8) is 0 Å². The monoisotopic (exact) mass is 1150 g/mol. The number of alkyl halides is 6. The SMILES string of the molecule is N#Cc1cc(C#N)cc(-c2ccc3c4ccc(-c5cc(C#N)cc(C#N)c5)cc4n(-c4cc(-c5c(C(F)(F)F)cccc5C(F)(F)F)c(-n5c6cc(-c7cc(C#N)cc(C#N)c7)ccc6c6ccc(-c7cc(C#N)cc(C#N)c7)cc65)cc4C#N)c3c2)c1. The molecule has 0 aliphatic heterocycles. The third-order valence-corrected chi connectivity index (χ3v) is 15.3. The second-order valence-electron chi connectivity index (χ2n) is 20.4. The van der Waals surface area contributed by atoms with Crippen molar-refractivity contribution in [2.24, 2.45) is 0 Å². The number of nitrogens with zero attached hydrogens (tertiary/aromatic N) is 11. The van der Waals surface area contributed by atoms with Crippen LogP contribution in [-0.2, 0) is 12.4 Å². The van der Waals surface area contributed by atoms with Gasteiger partial charge in [0.05, 0.1) is 143 Å². The highest BCUT2D eigenvalue weighted by Gasteiger charge is 2.42. The van der Waals surface area contributed by atoms with Crippen molar-refractivity contribution < 1.29 is 26.3 Å². The zero-order valence-electron chi connectivity index (χ0n) is 44.9. The van der Waals surface area contributed by atoms with Crippen LogP contribution in [0.3, 0.4) is 0 Å². The number of nitriles is 9. The van der Waals surface area contributed by atoms with Gasteiger partial charge in [-0.15, -0.1) is 0 Å². The maximum Gasteiger partial charge on any atom is 0.417 e. The van der Waals surface area contributed by atoms with Crippen LogP contribution in [0.4, 0.5) is 26.3 Å². The van der Waals surface area contributed by atoms with E-state index in [2.05, 4.69) is 30.3 Å². The fourth-order valence-corrected chi connectivity index (χ4v) is 11.5. The lowest BCUT2D eigenvalue weighted by molar-refractivity contribution is -0.142. The number of hydrogen-bond donors (Lipinski definition) is 0. The molecule has 410 valence electrons.